The van der Waals surface area contributed by atoms with E-state index < -0.39 is 0 Å². The largest absolute Gasteiger partial charge is 0.496 e. The lowest BCUT2D eigenvalue weighted by molar-refractivity contribution is 0.0916. The molecule has 4 heteroatoms. The van der Waals surface area contributed by atoms with E-state index in [0.717, 1.165) is 22.2 Å². The standard InChI is InChI=1S/C12H14INO2/c1-16-11-7-8(5-6-10(11)13)12(15)14-9-3-2-4-9/h5-7,9H,2-4H2,1H3,(H,14,15). The number of halogens is 1. The number of methoxy groups -OCH3 is 1. The smallest absolute Gasteiger partial charge is 0.251 e. The molecule has 86 valence electrons. The summed E-state index contributed by atoms with van der Waals surface area (Å²) in [6, 6.07) is 5.89. The number of hydrogen-bond acceptors (Lipinski definition) is 2. The van der Waals surface area contributed by atoms with Gasteiger partial charge in [-0.2, -0.15) is 0 Å². The Morgan fingerprint density at radius 2 is 2.25 bits per heavy atom. The molecule has 1 aromatic carbocycles. The van der Waals surface area contributed by atoms with E-state index in [1.165, 1.54) is 6.42 Å². The maximum atomic E-state index is 11.9. The van der Waals surface area contributed by atoms with Gasteiger partial charge in [0.2, 0.25) is 0 Å². The fourth-order valence-electron chi connectivity index (χ4n) is 1.62. The van der Waals surface area contributed by atoms with Gasteiger partial charge < -0.3 is 10.1 Å². The molecule has 0 aromatic heterocycles. The first-order chi connectivity index (χ1) is 7.70. The molecule has 0 atom stereocenters. The summed E-state index contributed by atoms with van der Waals surface area (Å²) < 4.78 is 6.21. The molecule has 3 nitrogen and oxygen atoms in total. The van der Waals surface area contributed by atoms with Crippen molar-refractivity contribution in [1.82, 2.24) is 5.32 Å². The van der Waals surface area contributed by atoms with E-state index in [9.17, 15) is 4.79 Å². The van der Waals surface area contributed by atoms with Gasteiger partial charge in [0.15, 0.2) is 0 Å². The Hall–Kier alpha value is -0.780. The number of hydrogen-bond donors (Lipinski definition) is 1. The zero-order chi connectivity index (χ0) is 11.5. The molecule has 1 fully saturated rings. The third-order valence-corrected chi connectivity index (χ3v) is 3.74. The fraction of sp³-hybridized carbons (Fsp3) is 0.417. The average Bonchev–Trinajstić information content (AvgIpc) is 2.24. The van der Waals surface area contributed by atoms with Gasteiger partial charge in [-0.15, -0.1) is 0 Å². The summed E-state index contributed by atoms with van der Waals surface area (Å²) in [5, 5.41) is 3.01. The molecule has 1 aliphatic carbocycles. The molecular formula is C12H14INO2. The number of carbonyl (C=O) groups excluding carboxylic acids is 1. The van der Waals surface area contributed by atoms with Crippen molar-refractivity contribution in [2.45, 2.75) is 25.3 Å². The van der Waals surface area contributed by atoms with Crippen molar-refractivity contribution >= 4 is 28.5 Å². The minimum absolute atomic E-state index is 0.000556. The molecule has 1 amide bonds. The van der Waals surface area contributed by atoms with Gasteiger partial charge in [-0.25, -0.2) is 0 Å². The first-order valence-corrected chi connectivity index (χ1v) is 6.43. The Bertz CT molecular complexity index is 402. The van der Waals surface area contributed by atoms with Crippen molar-refractivity contribution in [3.8, 4) is 5.75 Å². The van der Waals surface area contributed by atoms with E-state index in [1.807, 2.05) is 12.1 Å². The van der Waals surface area contributed by atoms with Crippen LogP contribution in [0, 0.1) is 3.57 Å². The maximum Gasteiger partial charge on any atom is 0.251 e. The van der Waals surface area contributed by atoms with Gasteiger partial charge in [-0.05, 0) is 60.1 Å². The number of rotatable bonds is 3. The molecule has 0 radical (unpaired) electrons. The van der Waals surface area contributed by atoms with Crippen LogP contribution in [0.2, 0.25) is 0 Å². The highest BCUT2D eigenvalue weighted by Crippen LogP contribution is 2.23. The Balaban J connectivity index is 2.09. The molecular weight excluding hydrogens is 317 g/mol. The highest BCUT2D eigenvalue weighted by Gasteiger charge is 2.20. The molecule has 0 bridgehead atoms. The second-order valence-electron chi connectivity index (χ2n) is 3.95. The van der Waals surface area contributed by atoms with Crippen LogP contribution >= 0.6 is 22.6 Å². The molecule has 0 saturated heterocycles. The van der Waals surface area contributed by atoms with E-state index in [2.05, 4.69) is 27.9 Å². The third kappa shape index (κ3) is 2.48. The van der Waals surface area contributed by atoms with Crippen molar-refractivity contribution < 1.29 is 9.53 Å². The Labute approximate surface area is 109 Å². The predicted octanol–water partition coefficient (Wildman–Crippen LogP) is 2.58. The Kier molecular flexibility index (Phi) is 3.68. The van der Waals surface area contributed by atoms with Crippen LogP contribution in [0.4, 0.5) is 0 Å². The van der Waals surface area contributed by atoms with Crippen LogP contribution in [0.5, 0.6) is 5.75 Å². The van der Waals surface area contributed by atoms with Crippen LogP contribution in [0.25, 0.3) is 0 Å². The normalized spacial score (nSPS) is 15.4. The second-order valence-corrected chi connectivity index (χ2v) is 5.11. The van der Waals surface area contributed by atoms with Crippen molar-refractivity contribution in [3.05, 3.63) is 27.3 Å². The summed E-state index contributed by atoms with van der Waals surface area (Å²) in [5.74, 6) is 0.751. The molecule has 0 heterocycles. The van der Waals surface area contributed by atoms with Crippen LogP contribution in [-0.2, 0) is 0 Å². The number of carbonyl (C=O) groups is 1. The second kappa shape index (κ2) is 5.03. The molecule has 0 unspecified atom stereocenters. The van der Waals surface area contributed by atoms with Crippen molar-refractivity contribution in [2.24, 2.45) is 0 Å². The van der Waals surface area contributed by atoms with E-state index in [-0.39, 0.29) is 5.91 Å². The summed E-state index contributed by atoms with van der Waals surface area (Å²) in [5.41, 5.74) is 0.671. The molecule has 0 aliphatic heterocycles. The summed E-state index contributed by atoms with van der Waals surface area (Å²) in [6.07, 6.45) is 3.43. The molecule has 2 rings (SSSR count). The SMILES string of the molecule is COc1cc(C(=O)NC2CCC2)ccc1I. The minimum atomic E-state index is -0.000556. The van der Waals surface area contributed by atoms with Crippen LogP contribution < -0.4 is 10.1 Å². The Morgan fingerprint density at radius 3 is 2.81 bits per heavy atom. The zero-order valence-corrected chi connectivity index (χ0v) is 11.3. The molecule has 0 spiro atoms. The summed E-state index contributed by atoms with van der Waals surface area (Å²) in [4.78, 5) is 11.9. The zero-order valence-electron chi connectivity index (χ0n) is 9.13. The van der Waals surface area contributed by atoms with Crippen molar-refractivity contribution in [1.29, 1.82) is 0 Å². The molecule has 16 heavy (non-hydrogen) atoms. The number of nitrogens with one attached hydrogen (secondary N) is 1. The minimum Gasteiger partial charge on any atom is -0.496 e. The Morgan fingerprint density at radius 1 is 1.50 bits per heavy atom. The first kappa shape index (κ1) is 11.7. The van der Waals surface area contributed by atoms with Gasteiger partial charge in [0.05, 0.1) is 10.7 Å². The molecule has 1 saturated carbocycles. The number of ether oxygens (including phenoxy) is 1. The summed E-state index contributed by atoms with van der Waals surface area (Å²) in [7, 11) is 1.62. The topological polar surface area (TPSA) is 38.3 Å². The van der Waals surface area contributed by atoms with E-state index in [1.54, 1.807) is 13.2 Å². The van der Waals surface area contributed by atoms with Gasteiger partial charge >= 0.3 is 0 Å². The third-order valence-electron chi connectivity index (χ3n) is 2.85. The van der Waals surface area contributed by atoms with Crippen LogP contribution in [0.1, 0.15) is 29.6 Å². The first-order valence-electron chi connectivity index (χ1n) is 5.35. The fourth-order valence-corrected chi connectivity index (χ4v) is 2.18. The lowest BCUT2D eigenvalue weighted by Crippen LogP contribution is -2.39. The van der Waals surface area contributed by atoms with Gasteiger partial charge in [0, 0.05) is 11.6 Å². The molecule has 1 aliphatic rings. The maximum absolute atomic E-state index is 11.9. The van der Waals surface area contributed by atoms with Gasteiger partial charge in [0.1, 0.15) is 5.75 Å². The summed E-state index contributed by atoms with van der Waals surface area (Å²) in [6.45, 7) is 0. The molecule has 1 N–H and O–H groups in total. The van der Waals surface area contributed by atoms with Crippen LogP contribution in [-0.4, -0.2) is 19.1 Å². The van der Waals surface area contributed by atoms with Crippen LogP contribution in [0.15, 0.2) is 18.2 Å². The van der Waals surface area contributed by atoms with E-state index in [4.69, 9.17) is 4.74 Å². The van der Waals surface area contributed by atoms with E-state index >= 15 is 0 Å². The van der Waals surface area contributed by atoms with Crippen LogP contribution in [0.3, 0.4) is 0 Å². The number of benzene rings is 1. The molecule has 1 aromatic rings. The van der Waals surface area contributed by atoms with Crippen molar-refractivity contribution in [3.63, 3.8) is 0 Å². The highest BCUT2D eigenvalue weighted by molar-refractivity contribution is 14.1. The number of amides is 1. The summed E-state index contributed by atoms with van der Waals surface area (Å²) >= 11 is 2.19. The lowest BCUT2D eigenvalue weighted by atomic mass is 9.93. The van der Waals surface area contributed by atoms with E-state index in [0.29, 0.717) is 11.6 Å². The van der Waals surface area contributed by atoms with Gasteiger partial charge in [0.25, 0.3) is 5.91 Å². The highest BCUT2D eigenvalue weighted by atomic mass is 127. The average molecular weight is 331 g/mol. The monoisotopic (exact) mass is 331 g/mol. The van der Waals surface area contributed by atoms with Gasteiger partial charge in [-0.3, -0.25) is 4.79 Å². The van der Waals surface area contributed by atoms with Crippen molar-refractivity contribution in [2.75, 3.05) is 7.11 Å². The quantitative estimate of drug-likeness (QED) is 0.865. The predicted molar refractivity (Wildman–Crippen MR) is 70.8 cm³/mol. The van der Waals surface area contributed by atoms with Gasteiger partial charge in [-0.1, -0.05) is 0 Å². The lowest BCUT2D eigenvalue weighted by Gasteiger charge is -2.26.